The van der Waals surface area contributed by atoms with Crippen LogP contribution in [-0.2, 0) is 18.0 Å². The Bertz CT molecular complexity index is 767. The van der Waals surface area contributed by atoms with Gasteiger partial charge in [0, 0.05) is 24.7 Å². The van der Waals surface area contributed by atoms with Gasteiger partial charge in [0.05, 0.1) is 19.4 Å². The van der Waals surface area contributed by atoms with Crippen molar-refractivity contribution >= 4 is 12.2 Å². The minimum Gasteiger partial charge on any atom is -0.376 e. The third kappa shape index (κ3) is 3.45. The second kappa shape index (κ2) is 7.17. The zero-order valence-corrected chi connectivity index (χ0v) is 15.7. The van der Waals surface area contributed by atoms with E-state index in [2.05, 4.69) is 61.4 Å². The Balaban J connectivity index is 1.94. The average Bonchev–Trinajstić information content (AvgIpc) is 2.87. The van der Waals surface area contributed by atoms with E-state index in [4.69, 9.17) is 22.1 Å². The first-order valence-corrected chi connectivity index (χ1v) is 9.00. The highest BCUT2D eigenvalue weighted by Gasteiger charge is 2.24. The zero-order valence-electron chi connectivity index (χ0n) is 14.9. The van der Waals surface area contributed by atoms with E-state index >= 15 is 0 Å². The van der Waals surface area contributed by atoms with Crippen molar-refractivity contribution < 1.29 is 4.74 Å². The predicted molar refractivity (Wildman–Crippen MR) is 98.5 cm³/mol. The van der Waals surface area contributed by atoms with Crippen molar-refractivity contribution in [2.24, 2.45) is 0 Å². The van der Waals surface area contributed by atoms with Crippen LogP contribution in [0.25, 0.3) is 11.4 Å². The summed E-state index contributed by atoms with van der Waals surface area (Å²) in [6.45, 7) is 11.7. The van der Waals surface area contributed by atoms with Crippen molar-refractivity contribution in [2.45, 2.75) is 53.1 Å². The highest BCUT2D eigenvalue weighted by molar-refractivity contribution is 7.71. The second-order valence-electron chi connectivity index (χ2n) is 6.63. The largest absolute Gasteiger partial charge is 0.376 e. The Morgan fingerprint density at radius 3 is 2.83 bits per heavy atom. The lowest BCUT2D eigenvalue weighted by Crippen LogP contribution is -2.47. The molecule has 2 unspecified atom stereocenters. The molecule has 0 radical (unpaired) electrons. The molecule has 2 heterocycles. The molecule has 1 aromatic heterocycles. The summed E-state index contributed by atoms with van der Waals surface area (Å²) in [6, 6.07) is 8.80. The summed E-state index contributed by atoms with van der Waals surface area (Å²) in [5.41, 5.74) is 2.34. The van der Waals surface area contributed by atoms with Crippen LogP contribution >= 0.6 is 12.2 Å². The summed E-state index contributed by atoms with van der Waals surface area (Å²) < 4.78 is 10.6. The van der Waals surface area contributed by atoms with Crippen LogP contribution in [0.15, 0.2) is 24.3 Å². The summed E-state index contributed by atoms with van der Waals surface area (Å²) in [7, 11) is 0. The van der Waals surface area contributed by atoms with E-state index in [1.54, 1.807) is 0 Å². The SMILES string of the molecule is CCn1c(-c2cccc(C)c2)nn(CN2CC(C)OCC2C)c1=S. The van der Waals surface area contributed by atoms with E-state index in [1.165, 1.54) is 5.56 Å². The lowest BCUT2D eigenvalue weighted by Gasteiger charge is -2.36. The van der Waals surface area contributed by atoms with Crippen LogP contribution < -0.4 is 0 Å². The van der Waals surface area contributed by atoms with Gasteiger partial charge in [-0.1, -0.05) is 23.8 Å². The molecule has 24 heavy (non-hydrogen) atoms. The van der Waals surface area contributed by atoms with Gasteiger partial charge < -0.3 is 9.30 Å². The Hall–Kier alpha value is -1.50. The van der Waals surface area contributed by atoms with Crippen LogP contribution in [0.1, 0.15) is 26.3 Å². The molecule has 1 saturated heterocycles. The van der Waals surface area contributed by atoms with Gasteiger partial charge in [-0.15, -0.1) is 0 Å². The minimum atomic E-state index is 0.250. The van der Waals surface area contributed by atoms with Gasteiger partial charge in [0.1, 0.15) is 0 Å². The highest BCUT2D eigenvalue weighted by atomic mass is 32.1. The average molecular weight is 347 g/mol. The van der Waals surface area contributed by atoms with Crippen LogP contribution in [0.3, 0.4) is 0 Å². The predicted octanol–water partition coefficient (Wildman–Crippen LogP) is 3.48. The van der Waals surface area contributed by atoms with Crippen molar-refractivity contribution in [1.82, 2.24) is 19.2 Å². The number of benzene rings is 1. The van der Waals surface area contributed by atoms with Crippen molar-refractivity contribution in [2.75, 3.05) is 13.2 Å². The summed E-state index contributed by atoms with van der Waals surface area (Å²) in [4.78, 5) is 2.39. The monoisotopic (exact) mass is 346 g/mol. The molecule has 1 aromatic carbocycles. The van der Waals surface area contributed by atoms with E-state index in [-0.39, 0.29) is 6.10 Å². The number of hydrogen-bond donors (Lipinski definition) is 0. The van der Waals surface area contributed by atoms with Gasteiger partial charge in [0.15, 0.2) is 10.6 Å². The second-order valence-corrected chi connectivity index (χ2v) is 6.99. The van der Waals surface area contributed by atoms with Crippen LogP contribution in [0.2, 0.25) is 0 Å². The molecule has 3 rings (SSSR count). The lowest BCUT2D eigenvalue weighted by atomic mass is 10.1. The van der Waals surface area contributed by atoms with Crippen LogP contribution in [0, 0.1) is 11.7 Å². The van der Waals surface area contributed by atoms with Gasteiger partial charge in [-0.2, -0.15) is 5.10 Å². The van der Waals surface area contributed by atoms with Crippen molar-refractivity contribution in [1.29, 1.82) is 0 Å². The van der Waals surface area contributed by atoms with E-state index < -0.39 is 0 Å². The van der Waals surface area contributed by atoms with E-state index in [1.807, 2.05) is 4.68 Å². The number of ether oxygens (including phenoxy) is 1. The summed E-state index contributed by atoms with van der Waals surface area (Å²) >= 11 is 5.69. The molecule has 0 amide bonds. The summed E-state index contributed by atoms with van der Waals surface area (Å²) in [5.74, 6) is 0.945. The highest BCUT2D eigenvalue weighted by Crippen LogP contribution is 2.20. The topological polar surface area (TPSA) is 35.2 Å². The molecular formula is C18H26N4OS. The molecule has 1 aliphatic rings. The van der Waals surface area contributed by atoms with Gasteiger partial charge in [0.25, 0.3) is 0 Å². The normalized spacial score (nSPS) is 22.0. The Morgan fingerprint density at radius 1 is 1.33 bits per heavy atom. The van der Waals surface area contributed by atoms with Gasteiger partial charge in [-0.25, -0.2) is 4.68 Å². The molecule has 0 N–H and O–H groups in total. The maximum Gasteiger partial charge on any atom is 0.199 e. The molecular weight excluding hydrogens is 320 g/mol. The Labute approximate surface area is 148 Å². The molecule has 2 aromatic rings. The summed E-state index contributed by atoms with van der Waals surface area (Å²) in [5, 5.41) is 4.84. The fraction of sp³-hybridized carbons (Fsp3) is 0.556. The van der Waals surface area contributed by atoms with Crippen LogP contribution in [-0.4, -0.2) is 44.5 Å². The molecule has 0 bridgehead atoms. The Kier molecular flexibility index (Phi) is 5.18. The molecule has 0 saturated carbocycles. The van der Waals surface area contributed by atoms with Crippen molar-refractivity contribution in [3.05, 3.63) is 34.6 Å². The van der Waals surface area contributed by atoms with Gasteiger partial charge >= 0.3 is 0 Å². The quantitative estimate of drug-likeness (QED) is 0.794. The molecule has 5 nitrogen and oxygen atoms in total. The first-order valence-electron chi connectivity index (χ1n) is 8.60. The maximum absolute atomic E-state index is 5.72. The fourth-order valence-electron chi connectivity index (χ4n) is 3.16. The van der Waals surface area contributed by atoms with Crippen molar-refractivity contribution in [3.8, 4) is 11.4 Å². The number of morpholine rings is 1. The number of aryl methyl sites for hydroxylation is 1. The molecule has 0 aliphatic carbocycles. The number of hydrogen-bond acceptors (Lipinski definition) is 4. The van der Waals surface area contributed by atoms with Crippen LogP contribution in [0.4, 0.5) is 0 Å². The third-order valence-corrected chi connectivity index (χ3v) is 5.00. The van der Waals surface area contributed by atoms with Gasteiger partial charge in [-0.05, 0) is 46.0 Å². The number of nitrogens with zero attached hydrogens (tertiary/aromatic N) is 4. The molecule has 1 fully saturated rings. The first-order chi connectivity index (χ1) is 11.5. The minimum absolute atomic E-state index is 0.250. The number of rotatable bonds is 4. The molecule has 6 heteroatoms. The lowest BCUT2D eigenvalue weighted by molar-refractivity contribution is -0.0625. The zero-order chi connectivity index (χ0) is 17.3. The standard InChI is InChI=1S/C18H26N4OS/c1-5-21-17(16-8-6-7-13(2)9-16)19-22(18(21)24)12-20-10-15(4)23-11-14(20)3/h6-9,14-15H,5,10-12H2,1-4H3. The maximum atomic E-state index is 5.72. The van der Waals surface area contributed by atoms with Crippen LogP contribution in [0.5, 0.6) is 0 Å². The van der Waals surface area contributed by atoms with E-state index in [0.717, 1.165) is 35.9 Å². The van der Waals surface area contributed by atoms with Crippen molar-refractivity contribution in [3.63, 3.8) is 0 Å². The van der Waals surface area contributed by atoms with Gasteiger partial charge in [0.2, 0.25) is 0 Å². The molecule has 2 atom stereocenters. The van der Waals surface area contributed by atoms with Gasteiger partial charge in [-0.3, -0.25) is 4.90 Å². The van der Waals surface area contributed by atoms with E-state index in [0.29, 0.717) is 12.7 Å². The first kappa shape index (κ1) is 17.3. The molecule has 0 spiro atoms. The molecule has 130 valence electrons. The fourth-order valence-corrected chi connectivity index (χ4v) is 3.47. The Morgan fingerprint density at radius 2 is 2.12 bits per heavy atom. The summed E-state index contributed by atoms with van der Waals surface area (Å²) in [6.07, 6.45) is 0.250. The number of aromatic nitrogens is 3. The molecule has 1 aliphatic heterocycles. The third-order valence-electron chi connectivity index (χ3n) is 4.57. The smallest absolute Gasteiger partial charge is 0.199 e. The van der Waals surface area contributed by atoms with E-state index in [9.17, 15) is 0 Å².